The molecule has 0 aliphatic heterocycles. The van der Waals surface area contributed by atoms with Crippen LogP contribution in [-0.2, 0) is 21.3 Å². The lowest BCUT2D eigenvalue weighted by Crippen LogP contribution is -2.38. The lowest BCUT2D eigenvalue weighted by Gasteiger charge is -2.30. The second-order valence-corrected chi connectivity index (χ2v) is 12.2. The molecular formula is C26H33N3O4S2. The molecule has 0 spiro atoms. The van der Waals surface area contributed by atoms with Crippen molar-refractivity contribution in [2.45, 2.75) is 63.4 Å². The van der Waals surface area contributed by atoms with E-state index < -0.39 is 15.9 Å². The van der Waals surface area contributed by atoms with Gasteiger partial charge in [0.05, 0.1) is 21.7 Å². The molecule has 2 aromatic carbocycles. The topological polar surface area (TPSA) is 81.0 Å². The van der Waals surface area contributed by atoms with Crippen LogP contribution < -0.4 is 4.80 Å². The Kier molecular flexibility index (Phi) is 7.90. The van der Waals surface area contributed by atoms with Gasteiger partial charge in [0.15, 0.2) is 4.80 Å². The van der Waals surface area contributed by atoms with Gasteiger partial charge >= 0.3 is 0 Å². The van der Waals surface area contributed by atoms with Crippen LogP contribution in [0, 0.1) is 13.8 Å². The monoisotopic (exact) mass is 515 g/mol. The number of fused-ring (bicyclic) bond motifs is 1. The first-order valence-electron chi connectivity index (χ1n) is 12.0. The minimum Gasteiger partial charge on any atom is -0.383 e. The maximum Gasteiger partial charge on any atom is 0.279 e. The fourth-order valence-electron chi connectivity index (χ4n) is 4.80. The van der Waals surface area contributed by atoms with E-state index in [9.17, 15) is 13.2 Å². The van der Waals surface area contributed by atoms with Crippen LogP contribution in [-0.4, -0.2) is 50.0 Å². The first-order valence-corrected chi connectivity index (χ1v) is 14.2. The molecule has 1 aromatic heterocycles. The molecule has 0 bridgehead atoms. The molecule has 35 heavy (non-hydrogen) atoms. The van der Waals surface area contributed by atoms with Crippen LogP contribution in [0.25, 0.3) is 10.2 Å². The third kappa shape index (κ3) is 5.43. The summed E-state index contributed by atoms with van der Waals surface area (Å²) in [6.45, 7) is 5.19. The van der Waals surface area contributed by atoms with Gasteiger partial charge in [0, 0.05) is 32.3 Å². The largest absolute Gasteiger partial charge is 0.383 e. The van der Waals surface area contributed by atoms with E-state index in [4.69, 9.17) is 4.74 Å². The van der Waals surface area contributed by atoms with Crippen LogP contribution in [0.4, 0.5) is 0 Å². The van der Waals surface area contributed by atoms with Gasteiger partial charge in [0.25, 0.3) is 5.91 Å². The summed E-state index contributed by atoms with van der Waals surface area (Å²) in [4.78, 5) is 18.3. The van der Waals surface area contributed by atoms with Crippen molar-refractivity contribution in [2.75, 3.05) is 20.8 Å². The zero-order valence-corrected chi connectivity index (χ0v) is 22.4. The molecule has 7 nitrogen and oxygen atoms in total. The van der Waals surface area contributed by atoms with Crippen LogP contribution in [0.2, 0.25) is 0 Å². The number of carbonyl (C=O) groups excluding carboxylic acids is 1. The average Bonchev–Trinajstić information content (AvgIpc) is 3.19. The summed E-state index contributed by atoms with van der Waals surface area (Å²) < 4.78 is 36.1. The molecule has 0 radical (unpaired) electrons. The van der Waals surface area contributed by atoms with Crippen LogP contribution in [0.1, 0.15) is 53.6 Å². The molecule has 9 heteroatoms. The number of benzene rings is 2. The average molecular weight is 516 g/mol. The van der Waals surface area contributed by atoms with Crippen molar-refractivity contribution in [3.8, 4) is 0 Å². The number of hydrogen-bond acceptors (Lipinski definition) is 5. The van der Waals surface area contributed by atoms with E-state index >= 15 is 0 Å². The highest BCUT2D eigenvalue weighted by atomic mass is 32.2. The Morgan fingerprint density at radius 3 is 2.49 bits per heavy atom. The maximum absolute atomic E-state index is 13.1. The Balaban J connectivity index is 1.64. The van der Waals surface area contributed by atoms with E-state index in [1.807, 2.05) is 4.57 Å². The van der Waals surface area contributed by atoms with Gasteiger partial charge in [-0.3, -0.25) is 4.79 Å². The first-order chi connectivity index (χ1) is 16.7. The van der Waals surface area contributed by atoms with E-state index in [0.29, 0.717) is 23.5 Å². The smallest absolute Gasteiger partial charge is 0.279 e. The number of hydrogen-bond donors (Lipinski definition) is 0. The van der Waals surface area contributed by atoms with Crippen molar-refractivity contribution in [3.05, 3.63) is 57.9 Å². The predicted molar refractivity (Wildman–Crippen MR) is 139 cm³/mol. The molecule has 0 N–H and O–H groups in total. The maximum atomic E-state index is 13.1. The molecule has 188 valence electrons. The van der Waals surface area contributed by atoms with Gasteiger partial charge in [-0.15, -0.1) is 0 Å². The van der Waals surface area contributed by atoms with E-state index in [-0.39, 0.29) is 10.9 Å². The summed E-state index contributed by atoms with van der Waals surface area (Å²) in [5.74, 6) is -0.401. The second kappa shape index (κ2) is 10.7. The van der Waals surface area contributed by atoms with Gasteiger partial charge in [-0.05, 0) is 68.1 Å². The lowest BCUT2D eigenvalue weighted by molar-refractivity contribution is 0.0997. The third-order valence-electron chi connectivity index (χ3n) is 6.70. The number of carbonyl (C=O) groups is 1. The quantitative estimate of drug-likeness (QED) is 0.458. The van der Waals surface area contributed by atoms with Crippen LogP contribution >= 0.6 is 11.3 Å². The Bertz CT molecular complexity index is 1380. The molecule has 1 heterocycles. The van der Waals surface area contributed by atoms with Gasteiger partial charge in [-0.2, -0.15) is 9.30 Å². The summed E-state index contributed by atoms with van der Waals surface area (Å²) in [6.07, 6.45) is 5.06. The minimum absolute atomic E-state index is 0.0349. The highest BCUT2D eigenvalue weighted by molar-refractivity contribution is 7.89. The van der Waals surface area contributed by atoms with Crippen molar-refractivity contribution in [1.82, 2.24) is 8.87 Å². The van der Waals surface area contributed by atoms with E-state index in [2.05, 4.69) is 31.0 Å². The van der Waals surface area contributed by atoms with Crippen LogP contribution in [0.5, 0.6) is 0 Å². The number of thiazole rings is 1. The summed E-state index contributed by atoms with van der Waals surface area (Å²) in [7, 11) is -0.303. The van der Waals surface area contributed by atoms with Crippen molar-refractivity contribution >= 4 is 37.5 Å². The van der Waals surface area contributed by atoms with Gasteiger partial charge in [-0.25, -0.2) is 8.42 Å². The standard InChI is InChI=1S/C26H33N3O4S2/c1-18-16-19(2)24-23(17-18)34-26(29(24)14-15-33-4)27-25(30)20-10-12-22(13-11-20)35(31,32)28(3)21-8-6-5-7-9-21/h10-13,16-17,21H,5-9,14-15H2,1-4H3. The minimum atomic E-state index is -3.61. The normalized spacial score (nSPS) is 15.9. The van der Waals surface area contributed by atoms with Crippen LogP contribution in [0.15, 0.2) is 46.3 Å². The number of aromatic nitrogens is 1. The van der Waals surface area contributed by atoms with E-state index in [0.717, 1.165) is 53.4 Å². The second-order valence-electron chi connectivity index (χ2n) is 9.21. The van der Waals surface area contributed by atoms with E-state index in [1.54, 1.807) is 26.3 Å². The number of nitrogens with zero attached hydrogens (tertiary/aromatic N) is 3. The number of rotatable bonds is 7. The van der Waals surface area contributed by atoms with Crippen LogP contribution in [0.3, 0.4) is 0 Å². The van der Waals surface area contributed by atoms with Gasteiger partial charge in [-0.1, -0.05) is 36.7 Å². The fraction of sp³-hybridized carbons (Fsp3) is 0.462. The highest BCUT2D eigenvalue weighted by Crippen LogP contribution is 2.27. The zero-order valence-electron chi connectivity index (χ0n) is 20.8. The zero-order chi connectivity index (χ0) is 25.2. The Morgan fingerprint density at radius 2 is 1.83 bits per heavy atom. The number of methoxy groups -OCH3 is 1. The third-order valence-corrected chi connectivity index (χ3v) is 9.64. The predicted octanol–water partition coefficient (Wildman–Crippen LogP) is 4.66. The molecule has 1 amide bonds. The molecule has 0 atom stereocenters. The van der Waals surface area contributed by atoms with Crippen molar-refractivity contribution < 1.29 is 17.9 Å². The molecule has 1 fully saturated rings. The lowest BCUT2D eigenvalue weighted by atomic mass is 9.96. The van der Waals surface area contributed by atoms with Crippen molar-refractivity contribution in [2.24, 2.45) is 4.99 Å². The van der Waals surface area contributed by atoms with Gasteiger partial charge in [0.1, 0.15) is 0 Å². The summed E-state index contributed by atoms with van der Waals surface area (Å²) in [6, 6.07) is 10.4. The number of ether oxygens (including phenoxy) is 1. The first kappa shape index (κ1) is 25.8. The molecule has 0 saturated heterocycles. The molecule has 4 rings (SSSR count). The summed E-state index contributed by atoms with van der Waals surface area (Å²) in [5, 5.41) is 0. The van der Waals surface area contributed by atoms with E-state index in [1.165, 1.54) is 27.8 Å². The molecule has 0 unspecified atom stereocenters. The summed E-state index contributed by atoms with van der Waals surface area (Å²) in [5.41, 5.74) is 3.69. The Morgan fingerprint density at radius 1 is 1.14 bits per heavy atom. The fourth-order valence-corrected chi connectivity index (χ4v) is 7.44. The number of sulfonamides is 1. The highest BCUT2D eigenvalue weighted by Gasteiger charge is 2.29. The summed E-state index contributed by atoms with van der Waals surface area (Å²) >= 11 is 1.47. The molecule has 1 aliphatic rings. The Hall–Kier alpha value is -2.33. The van der Waals surface area contributed by atoms with Gasteiger partial charge in [0.2, 0.25) is 10.0 Å². The number of amides is 1. The van der Waals surface area contributed by atoms with Crippen molar-refractivity contribution in [3.63, 3.8) is 0 Å². The Labute approximate surface area is 211 Å². The molecule has 3 aromatic rings. The molecular weight excluding hydrogens is 482 g/mol. The van der Waals surface area contributed by atoms with Gasteiger partial charge < -0.3 is 9.30 Å². The number of aryl methyl sites for hydroxylation is 2. The SMILES string of the molecule is COCCn1c(=NC(=O)c2ccc(S(=O)(=O)N(C)C3CCCCC3)cc2)sc2cc(C)cc(C)c21. The molecule has 1 saturated carbocycles. The van der Waals surface area contributed by atoms with Crippen molar-refractivity contribution in [1.29, 1.82) is 0 Å². The molecule has 1 aliphatic carbocycles.